The number of ether oxygens (including phenoxy) is 1. The maximum atomic E-state index is 12.3. The first-order valence-electron chi connectivity index (χ1n) is 6.80. The minimum Gasteiger partial charge on any atom is -0.440 e. The fourth-order valence-electron chi connectivity index (χ4n) is 2.70. The van der Waals surface area contributed by atoms with Gasteiger partial charge in [0, 0.05) is 6.07 Å². The Morgan fingerprint density at radius 1 is 1.27 bits per heavy atom. The van der Waals surface area contributed by atoms with Gasteiger partial charge in [0.1, 0.15) is 23.2 Å². The van der Waals surface area contributed by atoms with E-state index in [-0.39, 0.29) is 11.5 Å². The first-order valence-corrected chi connectivity index (χ1v) is 6.80. The fraction of sp³-hybridized carbons (Fsp3) is 0.176. The third-order valence-electron chi connectivity index (χ3n) is 3.63. The molecule has 1 atom stereocenters. The molecule has 5 nitrogen and oxygen atoms in total. The van der Waals surface area contributed by atoms with Crippen LogP contribution in [0, 0.1) is 25.2 Å². The number of hydrogen-bond acceptors (Lipinski definition) is 5. The maximum absolute atomic E-state index is 12.3. The van der Waals surface area contributed by atoms with Gasteiger partial charge in [0.15, 0.2) is 0 Å². The summed E-state index contributed by atoms with van der Waals surface area (Å²) in [6, 6.07) is 11.3. The zero-order valence-corrected chi connectivity index (χ0v) is 12.2. The number of nitriles is 1. The molecule has 1 aliphatic heterocycles. The van der Waals surface area contributed by atoms with Gasteiger partial charge in [-0.3, -0.25) is 0 Å². The van der Waals surface area contributed by atoms with E-state index in [9.17, 15) is 10.1 Å². The molecule has 0 unspecified atom stereocenters. The van der Waals surface area contributed by atoms with Gasteiger partial charge >= 0.3 is 5.63 Å². The maximum Gasteiger partial charge on any atom is 0.343 e. The number of nitrogens with zero attached hydrogens (tertiary/aromatic N) is 1. The van der Waals surface area contributed by atoms with E-state index in [1.807, 2.05) is 31.2 Å². The fourth-order valence-corrected chi connectivity index (χ4v) is 2.70. The lowest BCUT2D eigenvalue weighted by atomic mass is 9.84. The second kappa shape index (κ2) is 5.08. The number of rotatable bonds is 1. The zero-order valence-electron chi connectivity index (χ0n) is 12.2. The Hall–Kier alpha value is -3.00. The van der Waals surface area contributed by atoms with Gasteiger partial charge in [0.2, 0.25) is 5.88 Å². The highest BCUT2D eigenvalue weighted by molar-refractivity contribution is 5.54. The van der Waals surface area contributed by atoms with Crippen molar-refractivity contribution < 1.29 is 9.15 Å². The summed E-state index contributed by atoms with van der Waals surface area (Å²) in [5.74, 6) is 0.216. The van der Waals surface area contributed by atoms with Crippen LogP contribution in [0.4, 0.5) is 0 Å². The van der Waals surface area contributed by atoms with Crippen LogP contribution in [0.15, 0.2) is 51.0 Å². The summed E-state index contributed by atoms with van der Waals surface area (Å²) in [4.78, 5) is 12.3. The van der Waals surface area contributed by atoms with Crippen molar-refractivity contribution in [1.29, 1.82) is 5.26 Å². The van der Waals surface area contributed by atoms with Crippen molar-refractivity contribution in [1.82, 2.24) is 0 Å². The lowest BCUT2D eigenvalue weighted by Crippen LogP contribution is -2.26. The number of benzene rings is 1. The first kappa shape index (κ1) is 14.0. The largest absolute Gasteiger partial charge is 0.440 e. The topological polar surface area (TPSA) is 89.2 Å². The molecule has 2 heterocycles. The second-order valence-corrected chi connectivity index (χ2v) is 5.26. The van der Waals surface area contributed by atoms with Crippen molar-refractivity contribution in [3.8, 4) is 11.8 Å². The average molecular weight is 294 g/mol. The molecule has 0 spiro atoms. The average Bonchev–Trinajstić information content (AvgIpc) is 2.45. The van der Waals surface area contributed by atoms with Crippen LogP contribution in [0.25, 0.3) is 0 Å². The van der Waals surface area contributed by atoms with Gasteiger partial charge < -0.3 is 14.9 Å². The molecule has 22 heavy (non-hydrogen) atoms. The van der Waals surface area contributed by atoms with E-state index in [1.54, 1.807) is 13.0 Å². The molecule has 0 radical (unpaired) electrons. The number of hydrogen-bond donors (Lipinski definition) is 1. The van der Waals surface area contributed by atoms with Crippen molar-refractivity contribution in [2.24, 2.45) is 5.73 Å². The minimum atomic E-state index is -0.578. The van der Waals surface area contributed by atoms with E-state index in [0.717, 1.165) is 11.1 Å². The normalized spacial score (nSPS) is 16.7. The highest BCUT2D eigenvalue weighted by atomic mass is 16.5. The third-order valence-corrected chi connectivity index (χ3v) is 3.63. The van der Waals surface area contributed by atoms with E-state index in [2.05, 4.69) is 6.07 Å². The van der Waals surface area contributed by atoms with Gasteiger partial charge in [-0.25, -0.2) is 4.79 Å². The van der Waals surface area contributed by atoms with Crippen LogP contribution in [-0.2, 0) is 0 Å². The van der Waals surface area contributed by atoms with Crippen molar-refractivity contribution in [3.05, 3.63) is 74.7 Å². The molecule has 1 aromatic heterocycles. The Balaban J connectivity index is 2.32. The molecule has 0 saturated heterocycles. The van der Waals surface area contributed by atoms with Crippen LogP contribution < -0.4 is 16.1 Å². The van der Waals surface area contributed by atoms with Gasteiger partial charge in [-0.1, -0.05) is 29.8 Å². The molecule has 110 valence electrons. The van der Waals surface area contributed by atoms with Crippen LogP contribution in [0.2, 0.25) is 0 Å². The lowest BCUT2D eigenvalue weighted by molar-refractivity contribution is 0.371. The molecular formula is C17H14N2O3. The molecule has 0 bridgehead atoms. The second-order valence-electron chi connectivity index (χ2n) is 5.26. The van der Waals surface area contributed by atoms with Gasteiger partial charge in [0.25, 0.3) is 0 Å². The molecule has 2 aromatic rings. The third kappa shape index (κ3) is 2.15. The van der Waals surface area contributed by atoms with E-state index < -0.39 is 11.5 Å². The summed E-state index contributed by atoms with van der Waals surface area (Å²) >= 11 is 0. The molecule has 0 saturated carbocycles. The van der Waals surface area contributed by atoms with Crippen LogP contribution in [0.5, 0.6) is 5.75 Å². The number of nitrogens with two attached hydrogens (primary N) is 1. The van der Waals surface area contributed by atoms with Crippen LogP contribution >= 0.6 is 0 Å². The van der Waals surface area contributed by atoms with Crippen molar-refractivity contribution in [2.75, 3.05) is 0 Å². The van der Waals surface area contributed by atoms with Crippen molar-refractivity contribution in [3.63, 3.8) is 0 Å². The van der Waals surface area contributed by atoms with Crippen molar-refractivity contribution in [2.45, 2.75) is 19.8 Å². The number of aryl methyl sites for hydroxylation is 2. The molecule has 2 N–H and O–H groups in total. The van der Waals surface area contributed by atoms with Gasteiger partial charge in [-0.05, 0) is 19.4 Å². The summed E-state index contributed by atoms with van der Waals surface area (Å²) in [5.41, 5.74) is 7.72. The molecule has 3 rings (SSSR count). The predicted octanol–water partition coefficient (Wildman–Crippen LogP) is 2.47. The van der Waals surface area contributed by atoms with Gasteiger partial charge in [-0.15, -0.1) is 0 Å². The quantitative estimate of drug-likeness (QED) is 0.872. The molecular weight excluding hydrogens is 280 g/mol. The monoisotopic (exact) mass is 294 g/mol. The van der Waals surface area contributed by atoms with E-state index in [1.165, 1.54) is 0 Å². The standard InChI is InChI=1S/C17H14N2O3/c1-9-4-3-5-11(6-9)14-12(8-18)16(19)22-13-7-10(2)21-17(20)15(13)14/h3-7,14H,19H2,1-2H3/t14-/m1/s1. The summed E-state index contributed by atoms with van der Waals surface area (Å²) in [6.07, 6.45) is 0. The van der Waals surface area contributed by atoms with E-state index in [4.69, 9.17) is 14.9 Å². The van der Waals surface area contributed by atoms with Gasteiger partial charge in [-0.2, -0.15) is 5.26 Å². The Morgan fingerprint density at radius 3 is 2.73 bits per heavy atom. The van der Waals surface area contributed by atoms with Gasteiger partial charge in [0.05, 0.1) is 11.5 Å². The molecule has 0 amide bonds. The summed E-state index contributed by atoms with van der Waals surface area (Å²) < 4.78 is 10.6. The Bertz CT molecular complexity index is 888. The Kier molecular flexibility index (Phi) is 3.22. The Labute approximate surface area is 127 Å². The number of fused-ring (bicyclic) bond motifs is 1. The Morgan fingerprint density at radius 2 is 2.05 bits per heavy atom. The molecule has 1 aromatic carbocycles. The van der Waals surface area contributed by atoms with Crippen molar-refractivity contribution >= 4 is 0 Å². The molecule has 1 aliphatic rings. The smallest absolute Gasteiger partial charge is 0.343 e. The number of allylic oxidation sites excluding steroid dienone is 1. The predicted molar refractivity (Wildman–Crippen MR) is 80.2 cm³/mol. The highest BCUT2D eigenvalue weighted by Crippen LogP contribution is 2.40. The minimum absolute atomic E-state index is 0.0199. The van der Waals surface area contributed by atoms with Crippen LogP contribution in [0.1, 0.15) is 28.4 Å². The summed E-state index contributed by atoms with van der Waals surface area (Å²) in [7, 11) is 0. The van der Waals surface area contributed by atoms with Crippen LogP contribution in [-0.4, -0.2) is 0 Å². The van der Waals surface area contributed by atoms with E-state index in [0.29, 0.717) is 17.1 Å². The molecule has 0 fully saturated rings. The zero-order chi connectivity index (χ0) is 15.9. The van der Waals surface area contributed by atoms with Crippen LogP contribution in [0.3, 0.4) is 0 Å². The lowest BCUT2D eigenvalue weighted by Gasteiger charge is -2.25. The SMILES string of the molecule is Cc1cccc([C@@H]2C(C#N)=C(N)Oc3cc(C)oc(=O)c32)c1. The molecule has 5 heteroatoms. The molecule has 0 aliphatic carbocycles. The van der Waals surface area contributed by atoms with E-state index >= 15 is 0 Å². The summed E-state index contributed by atoms with van der Waals surface area (Å²) in [6.45, 7) is 3.60. The summed E-state index contributed by atoms with van der Waals surface area (Å²) in [5, 5.41) is 9.43. The highest BCUT2D eigenvalue weighted by Gasteiger charge is 2.34. The first-order chi connectivity index (χ1) is 10.5.